The minimum absolute atomic E-state index is 0.0650. The summed E-state index contributed by atoms with van der Waals surface area (Å²) < 4.78 is 4.99. The van der Waals surface area contributed by atoms with Crippen molar-refractivity contribution in [2.24, 2.45) is 0 Å². The number of carbonyl (C=O) groups is 1. The molecule has 21 heavy (non-hydrogen) atoms. The number of anilines is 1. The summed E-state index contributed by atoms with van der Waals surface area (Å²) in [5.41, 5.74) is 2.37. The van der Waals surface area contributed by atoms with Gasteiger partial charge in [0.15, 0.2) is 6.39 Å². The molecule has 1 aliphatic rings. The molecule has 1 heterocycles. The van der Waals surface area contributed by atoms with Gasteiger partial charge in [0.2, 0.25) is 5.91 Å². The van der Waals surface area contributed by atoms with E-state index in [4.69, 9.17) is 16.0 Å². The maximum atomic E-state index is 12.1. The third-order valence-electron chi connectivity index (χ3n) is 3.68. The lowest BCUT2D eigenvalue weighted by Crippen LogP contribution is -2.38. The van der Waals surface area contributed by atoms with Crippen molar-refractivity contribution in [2.45, 2.75) is 25.3 Å². The van der Waals surface area contributed by atoms with Gasteiger partial charge >= 0.3 is 0 Å². The molecular formula is C15H16ClN3O2. The Balaban J connectivity index is 1.58. The first-order chi connectivity index (χ1) is 10.1. The molecule has 2 aromatic rings. The van der Waals surface area contributed by atoms with Gasteiger partial charge in [-0.1, -0.05) is 11.6 Å². The Hall–Kier alpha value is -2.01. The minimum Gasteiger partial charge on any atom is -0.451 e. The van der Waals surface area contributed by atoms with E-state index in [2.05, 4.69) is 15.6 Å². The third-order valence-corrected chi connectivity index (χ3v) is 3.91. The smallest absolute Gasteiger partial charge is 0.240 e. The number of carbonyl (C=O) groups excluding carboxylic acids is 1. The zero-order valence-corrected chi connectivity index (χ0v) is 12.4. The van der Waals surface area contributed by atoms with E-state index in [9.17, 15) is 4.79 Å². The highest BCUT2D eigenvalue weighted by Crippen LogP contribution is 2.44. The van der Waals surface area contributed by atoms with Crippen LogP contribution in [0.4, 0.5) is 5.69 Å². The van der Waals surface area contributed by atoms with E-state index in [1.807, 2.05) is 19.1 Å². The number of benzene rings is 1. The lowest BCUT2D eigenvalue weighted by Gasteiger charge is -2.16. The molecule has 1 aromatic heterocycles. The van der Waals surface area contributed by atoms with Gasteiger partial charge in [-0.2, -0.15) is 0 Å². The molecule has 1 amide bonds. The van der Waals surface area contributed by atoms with Gasteiger partial charge < -0.3 is 15.1 Å². The van der Waals surface area contributed by atoms with Gasteiger partial charge in [-0.15, -0.1) is 0 Å². The quantitative estimate of drug-likeness (QED) is 0.891. The predicted octanol–water partition coefficient (Wildman–Crippen LogP) is 2.85. The number of nitrogens with one attached hydrogen (secondary N) is 2. The molecule has 110 valence electrons. The van der Waals surface area contributed by atoms with E-state index in [0.29, 0.717) is 5.02 Å². The molecule has 0 bridgehead atoms. The van der Waals surface area contributed by atoms with Gasteiger partial charge in [-0.3, -0.25) is 4.79 Å². The van der Waals surface area contributed by atoms with Gasteiger partial charge in [-0.25, -0.2) is 4.98 Å². The number of hydrogen-bond acceptors (Lipinski definition) is 4. The Labute approximate surface area is 127 Å². The summed E-state index contributed by atoms with van der Waals surface area (Å²) >= 11 is 5.91. The van der Waals surface area contributed by atoms with Crippen molar-refractivity contribution in [2.75, 3.05) is 11.9 Å². The standard InChI is InChI=1S/C15H16ClN3O2/c1-10-6-11(16)2-3-12(10)17-7-14(20)19-15(4-5-15)13-8-21-9-18-13/h2-3,6,8-9,17H,4-5,7H2,1H3,(H,19,20). The maximum Gasteiger partial charge on any atom is 0.240 e. The monoisotopic (exact) mass is 305 g/mol. The van der Waals surface area contributed by atoms with Gasteiger partial charge in [0.05, 0.1) is 12.1 Å². The van der Waals surface area contributed by atoms with E-state index in [0.717, 1.165) is 29.8 Å². The molecule has 6 heteroatoms. The van der Waals surface area contributed by atoms with Crippen LogP contribution in [0.2, 0.25) is 5.02 Å². The molecule has 1 aromatic carbocycles. The average molecular weight is 306 g/mol. The second-order valence-corrected chi connectivity index (χ2v) is 5.75. The van der Waals surface area contributed by atoms with E-state index in [-0.39, 0.29) is 18.0 Å². The Morgan fingerprint density at radius 3 is 2.90 bits per heavy atom. The highest BCUT2D eigenvalue weighted by atomic mass is 35.5. The van der Waals surface area contributed by atoms with Crippen LogP contribution in [-0.4, -0.2) is 17.4 Å². The van der Waals surface area contributed by atoms with Gasteiger partial charge in [0.1, 0.15) is 12.0 Å². The number of hydrogen-bond donors (Lipinski definition) is 2. The first-order valence-electron chi connectivity index (χ1n) is 6.79. The maximum absolute atomic E-state index is 12.1. The summed E-state index contributed by atoms with van der Waals surface area (Å²) in [6.45, 7) is 2.16. The van der Waals surface area contributed by atoms with Crippen molar-refractivity contribution in [3.8, 4) is 0 Å². The number of aromatic nitrogens is 1. The van der Waals surface area contributed by atoms with Gasteiger partial charge in [0, 0.05) is 10.7 Å². The van der Waals surface area contributed by atoms with Crippen molar-refractivity contribution in [1.82, 2.24) is 10.3 Å². The molecule has 0 radical (unpaired) electrons. The molecule has 0 spiro atoms. The van der Waals surface area contributed by atoms with Crippen LogP contribution in [0.3, 0.4) is 0 Å². The van der Waals surface area contributed by atoms with Crippen molar-refractivity contribution in [3.05, 3.63) is 47.1 Å². The summed E-state index contributed by atoms with van der Waals surface area (Å²) in [7, 11) is 0. The van der Waals surface area contributed by atoms with Crippen molar-refractivity contribution in [3.63, 3.8) is 0 Å². The summed E-state index contributed by atoms with van der Waals surface area (Å²) in [6.07, 6.45) is 4.76. The van der Waals surface area contributed by atoms with E-state index >= 15 is 0 Å². The SMILES string of the molecule is Cc1cc(Cl)ccc1NCC(=O)NC1(c2cocn2)CC1. The highest BCUT2D eigenvalue weighted by molar-refractivity contribution is 6.30. The summed E-state index contributed by atoms with van der Waals surface area (Å²) in [5.74, 6) is -0.0650. The second kappa shape index (κ2) is 5.41. The molecule has 0 saturated heterocycles. The molecule has 0 unspecified atom stereocenters. The Kier molecular flexibility index (Phi) is 3.59. The van der Waals surface area contributed by atoms with Crippen molar-refractivity contribution in [1.29, 1.82) is 0 Å². The molecule has 3 rings (SSSR count). The van der Waals surface area contributed by atoms with Crippen LogP contribution in [0.15, 0.2) is 35.3 Å². The third kappa shape index (κ3) is 3.03. The minimum atomic E-state index is -0.333. The second-order valence-electron chi connectivity index (χ2n) is 5.32. The number of halogens is 1. The first-order valence-corrected chi connectivity index (χ1v) is 7.17. The summed E-state index contributed by atoms with van der Waals surface area (Å²) in [5, 5.41) is 6.83. The van der Waals surface area contributed by atoms with Crippen LogP contribution in [-0.2, 0) is 10.3 Å². The number of aryl methyl sites for hydroxylation is 1. The summed E-state index contributed by atoms with van der Waals surface area (Å²) in [6, 6.07) is 5.53. The fourth-order valence-corrected chi connectivity index (χ4v) is 2.56. The Morgan fingerprint density at radius 2 is 2.29 bits per heavy atom. The van der Waals surface area contributed by atoms with Crippen LogP contribution < -0.4 is 10.6 Å². The Morgan fingerprint density at radius 1 is 1.48 bits per heavy atom. The van der Waals surface area contributed by atoms with Crippen LogP contribution in [0.1, 0.15) is 24.1 Å². The van der Waals surface area contributed by atoms with Crippen LogP contribution in [0.25, 0.3) is 0 Å². The molecule has 0 atom stereocenters. The zero-order valence-electron chi connectivity index (χ0n) is 11.6. The first kappa shape index (κ1) is 13.9. The molecule has 1 saturated carbocycles. The van der Waals surface area contributed by atoms with Crippen molar-refractivity contribution >= 4 is 23.2 Å². The van der Waals surface area contributed by atoms with Gasteiger partial charge in [-0.05, 0) is 43.5 Å². The lowest BCUT2D eigenvalue weighted by atomic mass is 10.2. The average Bonchev–Trinajstić information content (AvgIpc) is 3.01. The molecule has 1 fully saturated rings. The fourth-order valence-electron chi connectivity index (χ4n) is 2.33. The van der Waals surface area contributed by atoms with E-state index < -0.39 is 0 Å². The van der Waals surface area contributed by atoms with Crippen LogP contribution in [0.5, 0.6) is 0 Å². The molecule has 1 aliphatic carbocycles. The molecular weight excluding hydrogens is 290 g/mol. The number of rotatable bonds is 5. The lowest BCUT2D eigenvalue weighted by molar-refractivity contribution is -0.120. The molecule has 0 aliphatic heterocycles. The van der Waals surface area contributed by atoms with E-state index in [1.54, 1.807) is 12.3 Å². The fraction of sp³-hybridized carbons (Fsp3) is 0.333. The molecule has 5 nitrogen and oxygen atoms in total. The Bertz CT molecular complexity index is 651. The van der Waals surface area contributed by atoms with E-state index in [1.165, 1.54) is 6.39 Å². The zero-order chi connectivity index (χ0) is 14.9. The summed E-state index contributed by atoms with van der Waals surface area (Å²) in [4.78, 5) is 16.2. The molecule has 2 N–H and O–H groups in total. The normalized spacial score (nSPS) is 15.5. The largest absolute Gasteiger partial charge is 0.451 e. The predicted molar refractivity (Wildman–Crippen MR) is 80.2 cm³/mol. The van der Waals surface area contributed by atoms with Gasteiger partial charge in [0.25, 0.3) is 0 Å². The number of oxazole rings is 1. The number of amides is 1. The number of nitrogens with zero attached hydrogens (tertiary/aromatic N) is 1. The van der Waals surface area contributed by atoms with Crippen LogP contribution in [0, 0.1) is 6.92 Å². The van der Waals surface area contributed by atoms with Crippen LogP contribution >= 0.6 is 11.6 Å². The highest BCUT2D eigenvalue weighted by Gasteiger charge is 2.47. The topological polar surface area (TPSA) is 67.2 Å². The van der Waals surface area contributed by atoms with Crippen molar-refractivity contribution < 1.29 is 9.21 Å².